The maximum absolute atomic E-state index is 12.7. The van der Waals surface area contributed by atoms with Crippen LogP contribution in [-0.2, 0) is 17.9 Å². The van der Waals surface area contributed by atoms with Crippen LogP contribution in [0.5, 0.6) is 5.75 Å². The van der Waals surface area contributed by atoms with Gasteiger partial charge in [-0.25, -0.2) is 9.48 Å². The first kappa shape index (κ1) is 21.6. The van der Waals surface area contributed by atoms with Crippen LogP contribution in [0.25, 0.3) is 11.4 Å². The number of aryl methyl sites for hydroxylation is 2. The van der Waals surface area contributed by atoms with Gasteiger partial charge >= 0.3 is 5.97 Å². The van der Waals surface area contributed by atoms with E-state index in [0.29, 0.717) is 18.1 Å². The summed E-state index contributed by atoms with van der Waals surface area (Å²) < 4.78 is 17.3. The predicted octanol–water partition coefficient (Wildman–Crippen LogP) is 4.62. The van der Waals surface area contributed by atoms with Crippen molar-refractivity contribution < 1.29 is 18.8 Å². The van der Waals surface area contributed by atoms with E-state index in [1.165, 1.54) is 0 Å². The summed E-state index contributed by atoms with van der Waals surface area (Å²) in [6, 6.07) is 15.2. The molecule has 0 radical (unpaired) electrons. The second-order valence-corrected chi connectivity index (χ2v) is 7.57. The minimum absolute atomic E-state index is 0.171. The first-order valence-electron chi connectivity index (χ1n) is 9.87. The Morgan fingerprint density at radius 3 is 2.50 bits per heavy atom. The molecule has 2 aromatic heterocycles. The van der Waals surface area contributed by atoms with Gasteiger partial charge in [0.15, 0.2) is 6.61 Å². The standard InChI is InChI=1S/C23H21ClN4O4/c1-14-4-6-16(7-5-14)12-28-21(24)20(15(2)26-28)23(29)31-13-19-25-22(27-32-19)17-8-10-18(30-3)11-9-17/h4-11H,12-13H2,1-3H3. The number of halogens is 1. The lowest BCUT2D eigenvalue weighted by Gasteiger charge is -2.05. The van der Waals surface area contributed by atoms with Gasteiger partial charge in [-0.2, -0.15) is 10.1 Å². The first-order chi connectivity index (χ1) is 15.4. The minimum Gasteiger partial charge on any atom is -0.497 e. The summed E-state index contributed by atoms with van der Waals surface area (Å²) in [6.45, 7) is 4.00. The lowest BCUT2D eigenvalue weighted by atomic mass is 10.1. The number of aromatic nitrogens is 4. The number of carbonyl (C=O) groups excluding carboxylic acids is 1. The number of nitrogens with zero attached hydrogens (tertiary/aromatic N) is 4. The number of hydrogen-bond acceptors (Lipinski definition) is 7. The van der Waals surface area contributed by atoms with Gasteiger partial charge in [-0.1, -0.05) is 46.6 Å². The van der Waals surface area contributed by atoms with Crippen LogP contribution in [0.3, 0.4) is 0 Å². The summed E-state index contributed by atoms with van der Waals surface area (Å²) in [6.07, 6.45) is 0. The molecule has 0 aliphatic heterocycles. The van der Waals surface area contributed by atoms with Gasteiger partial charge in [0.2, 0.25) is 5.82 Å². The van der Waals surface area contributed by atoms with Crippen LogP contribution in [0.4, 0.5) is 0 Å². The average Bonchev–Trinajstić information content (AvgIpc) is 3.38. The second kappa shape index (κ2) is 9.23. The van der Waals surface area contributed by atoms with Crippen molar-refractivity contribution in [3.8, 4) is 17.1 Å². The second-order valence-electron chi connectivity index (χ2n) is 7.21. The Hall–Kier alpha value is -3.65. The van der Waals surface area contributed by atoms with Crippen molar-refractivity contribution in [2.45, 2.75) is 27.0 Å². The Morgan fingerprint density at radius 2 is 1.81 bits per heavy atom. The Bertz CT molecular complexity index is 1230. The normalized spacial score (nSPS) is 10.9. The lowest BCUT2D eigenvalue weighted by molar-refractivity contribution is 0.0429. The molecular formula is C23H21ClN4O4. The smallest absolute Gasteiger partial charge is 0.343 e. The van der Waals surface area contributed by atoms with Crippen molar-refractivity contribution in [3.05, 3.63) is 82.0 Å². The number of methoxy groups -OCH3 is 1. The van der Waals surface area contributed by atoms with E-state index in [2.05, 4.69) is 15.2 Å². The summed E-state index contributed by atoms with van der Waals surface area (Å²) in [5.41, 5.74) is 3.64. The number of ether oxygens (including phenoxy) is 2. The third-order valence-electron chi connectivity index (χ3n) is 4.87. The fraction of sp³-hybridized carbons (Fsp3) is 0.217. The topological polar surface area (TPSA) is 92.3 Å². The maximum atomic E-state index is 12.7. The maximum Gasteiger partial charge on any atom is 0.343 e. The molecule has 0 spiro atoms. The number of rotatable bonds is 7. The van der Waals surface area contributed by atoms with E-state index in [-0.39, 0.29) is 23.2 Å². The highest BCUT2D eigenvalue weighted by Crippen LogP contribution is 2.23. The van der Waals surface area contributed by atoms with E-state index in [0.717, 1.165) is 22.4 Å². The monoisotopic (exact) mass is 452 g/mol. The summed E-state index contributed by atoms with van der Waals surface area (Å²) >= 11 is 6.43. The van der Waals surface area contributed by atoms with Gasteiger partial charge in [-0.3, -0.25) is 0 Å². The molecule has 4 aromatic rings. The van der Waals surface area contributed by atoms with Crippen molar-refractivity contribution in [2.75, 3.05) is 7.11 Å². The Kier molecular flexibility index (Phi) is 6.23. The molecule has 0 aliphatic rings. The molecule has 0 saturated carbocycles. The molecular weight excluding hydrogens is 432 g/mol. The first-order valence-corrected chi connectivity index (χ1v) is 10.2. The number of esters is 1. The van der Waals surface area contributed by atoms with Crippen molar-refractivity contribution in [3.63, 3.8) is 0 Å². The largest absolute Gasteiger partial charge is 0.497 e. The molecule has 9 heteroatoms. The number of benzene rings is 2. The molecule has 0 atom stereocenters. The third kappa shape index (κ3) is 4.65. The number of carbonyl (C=O) groups is 1. The van der Waals surface area contributed by atoms with Crippen LogP contribution in [-0.4, -0.2) is 33.0 Å². The molecule has 0 unspecified atom stereocenters. The molecule has 0 fully saturated rings. The van der Waals surface area contributed by atoms with E-state index in [4.69, 9.17) is 25.6 Å². The number of hydrogen-bond donors (Lipinski definition) is 0. The highest BCUT2D eigenvalue weighted by atomic mass is 35.5. The van der Waals surface area contributed by atoms with Gasteiger partial charge in [0.05, 0.1) is 19.3 Å². The molecule has 0 bridgehead atoms. The van der Waals surface area contributed by atoms with E-state index < -0.39 is 5.97 Å². The van der Waals surface area contributed by atoms with Crippen LogP contribution < -0.4 is 4.74 Å². The summed E-state index contributed by atoms with van der Waals surface area (Å²) in [5.74, 6) is 0.678. The van der Waals surface area contributed by atoms with Crippen LogP contribution in [0.1, 0.15) is 33.1 Å². The summed E-state index contributed by atoms with van der Waals surface area (Å²) in [7, 11) is 1.59. The molecule has 2 heterocycles. The third-order valence-corrected chi connectivity index (χ3v) is 5.25. The molecule has 164 valence electrons. The highest BCUT2D eigenvalue weighted by Gasteiger charge is 2.23. The van der Waals surface area contributed by atoms with Crippen LogP contribution in [0, 0.1) is 13.8 Å². The molecule has 8 nitrogen and oxygen atoms in total. The average molecular weight is 453 g/mol. The molecule has 2 aromatic carbocycles. The Morgan fingerprint density at radius 1 is 1.09 bits per heavy atom. The quantitative estimate of drug-likeness (QED) is 0.378. The molecule has 32 heavy (non-hydrogen) atoms. The van der Waals surface area contributed by atoms with Gasteiger partial charge in [0, 0.05) is 5.56 Å². The lowest BCUT2D eigenvalue weighted by Crippen LogP contribution is -2.07. The SMILES string of the molecule is COc1ccc(-c2noc(COC(=O)c3c(C)nn(Cc4ccc(C)cc4)c3Cl)n2)cc1. The summed E-state index contributed by atoms with van der Waals surface area (Å²) in [4.78, 5) is 16.9. The van der Waals surface area contributed by atoms with Crippen molar-refractivity contribution in [1.29, 1.82) is 0 Å². The van der Waals surface area contributed by atoms with Crippen LogP contribution in [0.15, 0.2) is 53.1 Å². The fourth-order valence-corrected chi connectivity index (χ4v) is 3.44. The fourth-order valence-electron chi connectivity index (χ4n) is 3.13. The Labute approximate surface area is 189 Å². The van der Waals surface area contributed by atoms with E-state index in [1.54, 1.807) is 30.8 Å². The van der Waals surface area contributed by atoms with E-state index >= 15 is 0 Å². The zero-order valence-corrected chi connectivity index (χ0v) is 18.6. The zero-order valence-electron chi connectivity index (χ0n) is 17.8. The minimum atomic E-state index is -0.605. The van der Waals surface area contributed by atoms with Gasteiger partial charge in [0.25, 0.3) is 5.89 Å². The van der Waals surface area contributed by atoms with Gasteiger partial charge < -0.3 is 14.0 Å². The van der Waals surface area contributed by atoms with E-state index in [1.807, 2.05) is 43.3 Å². The van der Waals surface area contributed by atoms with Crippen molar-refractivity contribution >= 4 is 17.6 Å². The molecule has 0 saturated heterocycles. The molecule has 0 amide bonds. The zero-order chi connectivity index (χ0) is 22.7. The summed E-state index contributed by atoms with van der Waals surface area (Å²) in [5, 5.41) is 8.53. The predicted molar refractivity (Wildman–Crippen MR) is 118 cm³/mol. The van der Waals surface area contributed by atoms with Crippen molar-refractivity contribution in [1.82, 2.24) is 19.9 Å². The van der Waals surface area contributed by atoms with Crippen LogP contribution in [0.2, 0.25) is 5.15 Å². The van der Waals surface area contributed by atoms with Gasteiger partial charge in [-0.15, -0.1) is 0 Å². The Balaban J connectivity index is 1.42. The van der Waals surface area contributed by atoms with Gasteiger partial charge in [-0.05, 0) is 43.7 Å². The van der Waals surface area contributed by atoms with Gasteiger partial charge in [0.1, 0.15) is 16.5 Å². The molecule has 0 aliphatic carbocycles. The highest BCUT2D eigenvalue weighted by molar-refractivity contribution is 6.32. The van der Waals surface area contributed by atoms with Crippen molar-refractivity contribution in [2.24, 2.45) is 0 Å². The van der Waals surface area contributed by atoms with Crippen LogP contribution >= 0.6 is 11.6 Å². The van der Waals surface area contributed by atoms with E-state index in [9.17, 15) is 4.79 Å². The molecule has 0 N–H and O–H groups in total. The molecule has 4 rings (SSSR count).